The van der Waals surface area contributed by atoms with Gasteiger partial charge in [-0.25, -0.2) is 0 Å². The second kappa shape index (κ2) is 8.75. The Labute approximate surface area is 177 Å². The van der Waals surface area contributed by atoms with E-state index in [0.717, 1.165) is 11.1 Å². The van der Waals surface area contributed by atoms with E-state index in [1.165, 1.54) is 0 Å². The van der Waals surface area contributed by atoms with Crippen molar-refractivity contribution in [2.75, 3.05) is 5.32 Å². The number of hydrogen-bond donors (Lipinski definition) is 3. The topological polar surface area (TPSA) is 74.5 Å². The number of amides is 1. The van der Waals surface area contributed by atoms with Crippen molar-refractivity contribution in [1.82, 2.24) is 5.32 Å². The maximum absolute atomic E-state index is 12.3. The Balaban J connectivity index is 1.73. The normalized spacial score (nSPS) is 10.6. The minimum absolute atomic E-state index is 0.0937. The lowest BCUT2D eigenvalue weighted by atomic mass is 10.1. The molecule has 0 saturated heterocycles. The van der Waals surface area contributed by atoms with E-state index in [2.05, 4.69) is 10.6 Å². The number of carbonyl (C=O) groups is 1. The van der Waals surface area contributed by atoms with Crippen molar-refractivity contribution >= 4 is 52.1 Å². The van der Waals surface area contributed by atoms with E-state index in [1.807, 2.05) is 6.92 Å². The molecule has 0 unspecified atom stereocenters. The second-order valence-electron chi connectivity index (χ2n) is 5.99. The van der Waals surface area contributed by atoms with E-state index < -0.39 is 0 Å². The molecule has 0 fully saturated rings. The zero-order chi connectivity index (χ0) is 20.3. The van der Waals surface area contributed by atoms with Crippen LogP contribution in [0.1, 0.15) is 21.7 Å². The first-order valence-corrected chi connectivity index (χ1v) is 9.42. The van der Waals surface area contributed by atoms with Gasteiger partial charge in [-0.1, -0.05) is 29.3 Å². The zero-order valence-corrected chi connectivity index (χ0v) is 17.1. The Hall–Kier alpha value is -2.38. The molecule has 0 bridgehead atoms. The molecule has 3 N–H and O–H groups in total. The quantitative estimate of drug-likeness (QED) is 0.493. The summed E-state index contributed by atoms with van der Waals surface area (Å²) in [6.45, 7) is 1.67. The highest BCUT2D eigenvalue weighted by Crippen LogP contribution is 2.30. The number of hydrogen-bond acceptors (Lipinski definition) is 4. The van der Waals surface area contributed by atoms with E-state index >= 15 is 0 Å². The molecule has 0 aliphatic carbocycles. The highest BCUT2D eigenvalue weighted by molar-refractivity contribution is 7.80. The fourth-order valence-electron chi connectivity index (χ4n) is 2.46. The number of furan rings is 1. The SMILES string of the molecule is Cc1ccc(C(=O)NC(=S)Nc2cc(-c3ccc(CO)o3)ccc2Cl)cc1Cl. The molecule has 0 aliphatic heterocycles. The molecule has 0 atom stereocenters. The van der Waals surface area contributed by atoms with Crippen LogP contribution in [-0.4, -0.2) is 16.1 Å². The van der Waals surface area contributed by atoms with Crippen molar-refractivity contribution in [2.45, 2.75) is 13.5 Å². The molecule has 0 aliphatic rings. The van der Waals surface area contributed by atoms with Crippen LogP contribution in [-0.2, 0) is 6.61 Å². The number of aliphatic hydroxyl groups excluding tert-OH is 1. The molecule has 2 aromatic carbocycles. The van der Waals surface area contributed by atoms with Gasteiger partial charge in [-0.15, -0.1) is 0 Å². The second-order valence-corrected chi connectivity index (χ2v) is 7.21. The molecule has 8 heteroatoms. The summed E-state index contributed by atoms with van der Waals surface area (Å²) in [5.41, 5.74) is 2.52. The molecule has 1 amide bonds. The largest absolute Gasteiger partial charge is 0.459 e. The van der Waals surface area contributed by atoms with Crippen LogP contribution < -0.4 is 10.6 Å². The number of nitrogens with one attached hydrogen (secondary N) is 2. The Kier molecular flexibility index (Phi) is 6.36. The van der Waals surface area contributed by atoms with E-state index in [0.29, 0.717) is 32.8 Å². The molecule has 0 spiro atoms. The van der Waals surface area contributed by atoms with Gasteiger partial charge >= 0.3 is 0 Å². The number of halogens is 2. The highest BCUT2D eigenvalue weighted by Gasteiger charge is 2.12. The van der Waals surface area contributed by atoms with Crippen LogP contribution >= 0.6 is 35.4 Å². The van der Waals surface area contributed by atoms with E-state index in [-0.39, 0.29) is 17.6 Å². The van der Waals surface area contributed by atoms with Gasteiger partial charge in [0.25, 0.3) is 5.91 Å². The highest BCUT2D eigenvalue weighted by atomic mass is 35.5. The predicted octanol–water partition coefficient (Wildman–Crippen LogP) is 5.18. The van der Waals surface area contributed by atoms with Crippen molar-refractivity contribution in [2.24, 2.45) is 0 Å². The van der Waals surface area contributed by atoms with Crippen molar-refractivity contribution < 1.29 is 14.3 Å². The summed E-state index contributed by atoms with van der Waals surface area (Å²) >= 11 is 17.5. The minimum Gasteiger partial charge on any atom is -0.459 e. The Morgan fingerprint density at radius 1 is 1.11 bits per heavy atom. The predicted molar refractivity (Wildman–Crippen MR) is 115 cm³/mol. The summed E-state index contributed by atoms with van der Waals surface area (Å²) in [6, 6.07) is 13.7. The maximum Gasteiger partial charge on any atom is 0.257 e. The van der Waals surface area contributed by atoms with Crippen LogP contribution in [0.4, 0.5) is 5.69 Å². The first kappa shape index (κ1) is 20.4. The standard InChI is InChI=1S/C20H16Cl2N2O3S/c1-11-2-3-13(8-16(11)22)19(26)24-20(28)23-17-9-12(4-6-15(17)21)18-7-5-14(10-25)27-18/h2-9,25H,10H2,1H3,(H2,23,24,26,28). The number of rotatable bonds is 4. The van der Waals surface area contributed by atoms with Gasteiger partial charge in [0.15, 0.2) is 5.11 Å². The van der Waals surface area contributed by atoms with Crippen LogP contribution in [0.5, 0.6) is 0 Å². The lowest BCUT2D eigenvalue weighted by Gasteiger charge is -2.12. The number of thiocarbonyl (C=S) groups is 1. The van der Waals surface area contributed by atoms with Crippen molar-refractivity contribution in [1.29, 1.82) is 0 Å². The van der Waals surface area contributed by atoms with Crippen LogP contribution in [0, 0.1) is 6.92 Å². The number of aliphatic hydroxyl groups is 1. The molecule has 5 nitrogen and oxygen atoms in total. The van der Waals surface area contributed by atoms with Gasteiger partial charge in [0, 0.05) is 16.1 Å². The molecule has 3 aromatic rings. The average Bonchev–Trinajstić information content (AvgIpc) is 3.15. The van der Waals surface area contributed by atoms with Crippen molar-refractivity contribution in [3.05, 3.63) is 75.5 Å². The summed E-state index contributed by atoms with van der Waals surface area (Å²) < 4.78 is 5.53. The lowest BCUT2D eigenvalue weighted by Crippen LogP contribution is -2.34. The monoisotopic (exact) mass is 434 g/mol. The zero-order valence-electron chi connectivity index (χ0n) is 14.8. The molecule has 0 radical (unpaired) electrons. The van der Waals surface area contributed by atoms with Gasteiger partial charge in [0.05, 0.1) is 10.7 Å². The Morgan fingerprint density at radius 2 is 1.89 bits per heavy atom. The van der Waals surface area contributed by atoms with E-state index in [4.69, 9.17) is 44.9 Å². The molecule has 0 saturated carbocycles. The summed E-state index contributed by atoms with van der Waals surface area (Å²) in [7, 11) is 0. The number of anilines is 1. The number of carbonyl (C=O) groups excluding carboxylic acids is 1. The van der Waals surface area contributed by atoms with Gasteiger partial charge in [-0.2, -0.15) is 0 Å². The van der Waals surface area contributed by atoms with Crippen molar-refractivity contribution in [3.63, 3.8) is 0 Å². The van der Waals surface area contributed by atoms with Crippen LogP contribution in [0.2, 0.25) is 10.0 Å². The van der Waals surface area contributed by atoms with Crippen LogP contribution in [0.15, 0.2) is 52.9 Å². The van der Waals surface area contributed by atoms with Gasteiger partial charge in [-0.05, 0) is 67.2 Å². The van der Waals surface area contributed by atoms with Gasteiger partial charge in [0.1, 0.15) is 18.1 Å². The molecule has 3 rings (SSSR count). The van der Waals surface area contributed by atoms with Gasteiger partial charge < -0.3 is 14.8 Å². The lowest BCUT2D eigenvalue weighted by molar-refractivity contribution is 0.0977. The molecule has 144 valence electrons. The molecular weight excluding hydrogens is 419 g/mol. The van der Waals surface area contributed by atoms with E-state index in [9.17, 15) is 4.79 Å². The Bertz CT molecular complexity index is 1050. The molecule has 28 heavy (non-hydrogen) atoms. The third-order valence-corrected chi connectivity index (χ3v) is 4.92. The summed E-state index contributed by atoms with van der Waals surface area (Å²) in [5.74, 6) is 0.650. The fraction of sp³-hybridized carbons (Fsp3) is 0.100. The molecular formula is C20H16Cl2N2O3S. The summed E-state index contributed by atoms with van der Waals surface area (Å²) in [5, 5.41) is 15.7. The number of aryl methyl sites for hydroxylation is 1. The smallest absolute Gasteiger partial charge is 0.257 e. The van der Waals surface area contributed by atoms with Crippen LogP contribution in [0.3, 0.4) is 0 Å². The average molecular weight is 435 g/mol. The first-order chi connectivity index (χ1) is 13.4. The van der Waals surface area contributed by atoms with Gasteiger partial charge in [0.2, 0.25) is 0 Å². The Morgan fingerprint density at radius 3 is 2.57 bits per heavy atom. The number of benzene rings is 2. The first-order valence-electron chi connectivity index (χ1n) is 8.25. The maximum atomic E-state index is 12.3. The van der Waals surface area contributed by atoms with Gasteiger partial charge in [-0.3, -0.25) is 10.1 Å². The summed E-state index contributed by atoms with van der Waals surface area (Å²) in [6.07, 6.45) is 0. The molecule has 1 heterocycles. The van der Waals surface area contributed by atoms with Crippen LogP contribution in [0.25, 0.3) is 11.3 Å². The van der Waals surface area contributed by atoms with Crippen molar-refractivity contribution in [3.8, 4) is 11.3 Å². The molecule has 1 aromatic heterocycles. The summed E-state index contributed by atoms with van der Waals surface area (Å²) in [4.78, 5) is 12.3. The third-order valence-electron chi connectivity index (χ3n) is 3.98. The van der Waals surface area contributed by atoms with E-state index in [1.54, 1.807) is 48.5 Å². The third kappa shape index (κ3) is 4.72. The minimum atomic E-state index is -0.384. The fourth-order valence-corrected chi connectivity index (χ4v) is 3.00.